The number of aromatic amines is 1. The number of carboxylic acid groups (broad SMARTS) is 1. The van der Waals surface area contributed by atoms with Crippen molar-refractivity contribution in [2.45, 2.75) is 12.5 Å². The van der Waals surface area contributed by atoms with Crippen LogP contribution in [-0.4, -0.2) is 21.2 Å². The van der Waals surface area contributed by atoms with Crippen LogP contribution in [0.1, 0.15) is 18.1 Å². The summed E-state index contributed by atoms with van der Waals surface area (Å²) in [5.74, 6) is -1.00. The minimum atomic E-state index is -1.00. The van der Waals surface area contributed by atoms with Gasteiger partial charge in [0.15, 0.2) is 0 Å². The Labute approximate surface area is 86.2 Å². The van der Waals surface area contributed by atoms with Gasteiger partial charge in [0.2, 0.25) is 0 Å². The summed E-state index contributed by atoms with van der Waals surface area (Å²) in [6.07, 6.45) is 0.593. The van der Waals surface area contributed by atoms with Crippen LogP contribution in [0.15, 0.2) is 30.5 Å². The van der Waals surface area contributed by atoms with E-state index in [0.29, 0.717) is 5.56 Å². The predicted octanol–water partition coefficient (Wildman–Crippen LogP) is 1.68. The fourth-order valence-corrected chi connectivity index (χ4v) is 1.56. The molecule has 1 heterocycles. The lowest BCUT2D eigenvalue weighted by Gasteiger charge is -2.07. The first kappa shape index (κ1) is 9.73. The first-order valence-corrected chi connectivity index (χ1v) is 4.64. The maximum atomic E-state index is 10.4. The molecule has 0 aliphatic carbocycles. The largest absolute Gasteiger partial charge is 0.481 e. The van der Waals surface area contributed by atoms with E-state index >= 15 is 0 Å². The predicted molar refractivity (Wildman–Crippen MR) is 55.5 cm³/mol. The van der Waals surface area contributed by atoms with E-state index < -0.39 is 12.1 Å². The fraction of sp³-hybridized carbons (Fsp3) is 0.182. The standard InChI is InChI=1S/C11H11NO3/c13-10(6-11(14)15)8-1-2-9-7(5-8)3-4-12-9/h1-5,10,12-13H,6H2,(H,14,15)/t10-/m1/s1. The van der Waals surface area contributed by atoms with Crippen LogP contribution in [0.5, 0.6) is 0 Å². The highest BCUT2D eigenvalue weighted by atomic mass is 16.4. The Bertz CT molecular complexity index is 489. The third-order valence-corrected chi connectivity index (χ3v) is 2.33. The maximum Gasteiger partial charge on any atom is 0.306 e. The van der Waals surface area contributed by atoms with Crippen molar-refractivity contribution >= 4 is 16.9 Å². The van der Waals surface area contributed by atoms with Crippen LogP contribution in [0.25, 0.3) is 10.9 Å². The molecule has 0 fully saturated rings. The molecule has 0 amide bonds. The van der Waals surface area contributed by atoms with E-state index in [4.69, 9.17) is 5.11 Å². The molecule has 1 aromatic carbocycles. The van der Waals surface area contributed by atoms with Gasteiger partial charge < -0.3 is 15.2 Å². The van der Waals surface area contributed by atoms with Crippen molar-refractivity contribution in [2.75, 3.05) is 0 Å². The molecule has 78 valence electrons. The summed E-state index contributed by atoms with van der Waals surface area (Å²) in [5.41, 5.74) is 1.60. The number of fused-ring (bicyclic) bond motifs is 1. The van der Waals surface area contributed by atoms with Gasteiger partial charge in [0, 0.05) is 11.7 Å². The molecule has 0 spiro atoms. The number of aromatic nitrogens is 1. The zero-order valence-corrected chi connectivity index (χ0v) is 7.97. The molecule has 0 unspecified atom stereocenters. The number of carbonyl (C=O) groups is 1. The van der Waals surface area contributed by atoms with Gasteiger partial charge in [0.25, 0.3) is 0 Å². The highest BCUT2D eigenvalue weighted by molar-refractivity contribution is 5.80. The molecule has 1 aromatic heterocycles. The summed E-state index contributed by atoms with van der Waals surface area (Å²) in [6, 6.07) is 7.23. The van der Waals surface area contributed by atoms with Crippen LogP contribution in [0.2, 0.25) is 0 Å². The number of aliphatic carboxylic acids is 1. The number of carboxylic acids is 1. The van der Waals surface area contributed by atoms with Crippen LogP contribution in [0.3, 0.4) is 0 Å². The Hall–Kier alpha value is -1.81. The Morgan fingerprint density at radius 1 is 1.40 bits per heavy atom. The summed E-state index contributed by atoms with van der Waals surface area (Å²) < 4.78 is 0. The summed E-state index contributed by atoms with van der Waals surface area (Å²) in [6.45, 7) is 0. The molecule has 2 aromatic rings. The molecule has 3 N–H and O–H groups in total. The average molecular weight is 205 g/mol. The smallest absolute Gasteiger partial charge is 0.306 e. The number of rotatable bonds is 3. The number of hydrogen-bond donors (Lipinski definition) is 3. The van der Waals surface area contributed by atoms with Gasteiger partial charge in [0.1, 0.15) is 0 Å². The highest BCUT2D eigenvalue weighted by Crippen LogP contribution is 2.21. The highest BCUT2D eigenvalue weighted by Gasteiger charge is 2.12. The van der Waals surface area contributed by atoms with E-state index in [9.17, 15) is 9.90 Å². The van der Waals surface area contributed by atoms with Crippen LogP contribution in [0, 0.1) is 0 Å². The Morgan fingerprint density at radius 3 is 2.93 bits per heavy atom. The summed E-state index contributed by atoms with van der Waals surface area (Å²) in [7, 11) is 0. The summed E-state index contributed by atoms with van der Waals surface area (Å²) >= 11 is 0. The van der Waals surface area contributed by atoms with Gasteiger partial charge in [-0.15, -0.1) is 0 Å². The SMILES string of the molecule is O=C(O)C[C@@H](O)c1ccc2[nH]ccc2c1. The van der Waals surface area contributed by atoms with Gasteiger partial charge in [-0.1, -0.05) is 6.07 Å². The molecule has 0 saturated carbocycles. The number of aliphatic hydroxyl groups excluding tert-OH is 1. The minimum absolute atomic E-state index is 0.268. The fourth-order valence-electron chi connectivity index (χ4n) is 1.56. The van der Waals surface area contributed by atoms with Crippen molar-refractivity contribution in [1.29, 1.82) is 0 Å². The minimum Gasteiger partial charge on any atom is -0.481 e. The molecular weight excluding hydrogens is 194 g/mol. The number of nitrogens with one attached hydrogen (secondary N) is 1. The van der Waals surface area contributed by atoms with Crippen molar-refractivity contribution in [2.24, 2.45) is 0 Å². The lowest BCUT2D eigenvalue weighted by Crippen LogP contribution is -2.05. The molecule has 4 heteroatoms. The van der Waals surface area contributed by atoms with E-state index in [2.05, 4.69) is 4.98 Å². The molecule has 4 nitrogen and oxygen atoms in total. The van der Waals surface area contributed by atoms with Crippen molar-refractivity contribution < 1.29 is 15.0 Å². The van der Waals surface area contributed by atoms with Crippen molar-refractivity contribution in [3.05, 3.63) is 36.0 Å². The lowest BCUT2D eigenvalue weighted by molar-refractivity contribution is -0.139. The van der Waals surface area contributed by atoms with Gasteiger partial charge in [-0.05, 0) is 29.1 Å². The lowest BCUT2D eigenvalue weighted by atomic mass is 10.1. The molecule has 0 saturated heterocycles. The normalized spacial score (nSPS) is 12.9. The van der Waals surface area contributed by atoms with Gasteiger partial charge in [-0.2, -0.15) is 0 Å². The second kappa shape index (κ2) is 3.74. The molecule has 0 bridgehead atoms. The Morgan fingerprint density at radius 2 is 2.20 bits per heavy atom. The second-order valence-corrected chi connectivity index (χ2v) is 3.44. The van der Waals surface area contributed by atoms with E-state index in [0.717, 1.165) is 10.9 Å². The Kier molecular flexibility index (Phi) is 2.43. The topological polar surface area (TPSA) is 73.3 Å². The molecule has 0 aliphatic heterocycles. The van der Waals surface area contributed by atoms with Crippen molar-refractivity contribution in [3.8, 4) is 0 Å². The molecule has 15 heavy (non-hydrogen) atoms. The summed E-state index contributed by atoms with van der Waals surface area (Å²) in [5, 5.41) is 19.1. The number of aliphatic hydroxyl groups is 1. The Balaban J connectivity index is 2.30. The van der Waals surface area contributed by atoms with Gasteiger partial charge >= 0.3 is 5.97 Å². The average Bonchev–Trinajstić information content (AvgIpc) is 2.62. The number of H-pyrrole nitrogens is 1. The molecule has 1 atom stereocenters. The third-order valence-electron chi connectivity index (χ3n) is 2.33. The first-order valence-electron chi connectivity index (χ1n) is 4.64. The quantitative estimate of drug-likeness (QED) is 0.713. The zero-order chi connectivity index (χ0) is 10.8. The van der Waals surface area contributed by atoms with Crippen LogP contribution in [-0.2, 0) is 4.79 Å². The molecule has 2 rings (SSSR count). The molecule has 0 radical (unpaired) electrons. The van der Waals surface area contributed by atoms with E-state index in [1.54, 1.807) is 18.3 Å². The van der Waals surface area contributed by atoms with E-state index in [1.807, 2.05) is 12.1 Å². The van der Waals surface area contributed by atoms with Gasteiger partial charge in [-0.3, -0.25) is 4.79 Å². The molecular formula is C11H11NO3. The number of benzene rings is 1. The van der Waals surface area contributed by atoms with E-state index in [1.165, 1.54) is 0 Å². The van der Waals surface area contributed by atoms with E-state index in [-0.39, 0.29) is 6.42 Å². The summed E-state index contributed by atoms with van der Waals surface area (Å²) in [4.78, 5) is 13.5. The maximum absolute atomic E-state index is 10.4. The first-order chi connectivity index (χ1) is 7.16. The van der Waals surface area contributed by atoms with Crippen LogP contribution >= 0.6 is 0 Å². The zero-order valence-electron chi connectivity index (χ0n) is 7.97. The van der Waals surface area contributed by atoms with Crippen molar-refractivity contribution in [1.82, 2.24) is 4.98 Å². The van der Waals surface area contributed by atoms with Crippen LogP contribution < -0.4 is 0 Å². The van der Waals surface area contributed by atoms with Gasteiger partial charge in [0.05, 0.1) is 12.5 Å². The second-order valence-electron chi connectivity index (χ2n) is 3.44. The van der Waals surface area contributed by atoms with Gasteiger partial charge in [-0.25, -0.2) is 0 Å². The van der Waals surface area contributed by atoms with Crippen molar-refractivity contribution in [3.63, 3.8) is 0 Å². The molecule has 0 aliphatic rings. The monoisotopic (exact) mass is 205 g/mol. The third kappa shape index (κ3) is 1.99. The van der Waals surface area contributed by atoms with Crippen LogP contribution in [0.4, 0.5) is 0 Å². The number of hydrogen-bond acceptors (Lipinski definition) is 2.